The Bertz CT molecular complexity index is 957. The Morgan fingerprint density at radius 1 is 1.10 bits per heavy atom. The fourth-order valence-electron chi connectivity index (χ4n) is 3.13. The summed E-state index contributed by atoms with van der Waals surface area (Å²) in [6, 6.07) is 12.5. The quantitative estimate of drug-likeness (QED) is 0.495. The van der Waals surface area contributed by atoms with Crippen LogP contribution in [0.2, 0.25) is 0 Å². The van der Waals surface area contributed by atoms with Crippen LogP contribution in [0.3, 0.4) is 0 Å². The van der Waals surface area contributed by atoms with Crippen molar-refractivity contribution in [3.63, 3.8) is 0 Å². The molecule has 7 heteroatoms. The van der Waals surface area contributed by atoms with E-state index in [0.29, 0.717) is 34.8 Å². The van der Waals surface area contributed by atoms with Gasteiger partial charge in [0.25, 0.3) is 5.91 Å². The van der Waals surface area contributed by atoms with Crippen LogP contribution in [-0.2, 0) is 27.8 Å². The zero-order chi connectivity index (χ0) is 22.8. The van der Waals surface area contributed by atoms with E-state index in [-0.39, 0.29) is 24.6 Å². The van der Waals surface area contributed by atoms with Gasteiger partial charge in [-0.05, 0) is 35.7 Å². The first-order valence-corrected chi connectivity index (χ1v) is 11.5. The van der Waals surface area contributed by atoms with Crippen molar-refractivity contribution in [2.45, 2.75) is 25.5 Å². The molecule has 0 saturated carbocycles. The molecule has 0 saturated heterocycles. The first kappa shape index (κ1) is 24.3. The van der Waals surface area contributed by atoms with E-state index >= 15 is 0 Å². The molecule has 0 bridgehead atoms. The summed E-state index contributed by atoms with van der Waals surface area (Å²) in [7, 11) is 2.05. The highest BCUT2D eigenvalue weighted by Gasteiger charge is 2.24. The number of amides is 2. The van der Waals surface area contributed by atoms with E-state index in [1.54, 1.807) is 44.6 Å². The van der Waals surface area contributed by atoms with Crippen molar-refractivity contribution in [2.75, 3.05) is 26.5 Å². The summed E-state index contributed by atoms with van der Waals surface area (Å²) in [5.74, 6) is 1.25. The van der Waals surface area contributed by atoms with Crippen molar-refractivity contribution in [1.82, 2.24) is 4.90 Å². The number of benzene rings is 2. The number of carbonyl (C=O) groups excluding carboxylic acids is 2. The smallest absolute Gasteiger partial charge is 0.260 e. The average molecular weight is 444 g/mol. The second-order valence-corrected chi connectivity index (χ2v) is 8.56. The van der Waals surface area contributed by atoms with Crippen LogP contribution in [0.1, 0.15) is 34.8 Å². The predicted molar refractivity (Wildman–Crippen MR) is 123 cm³/mol. The SMILES string of the molecule is C=CCC(=O)N(CCc1ccc(OC)c(OC)c1)C(=O)c1ccccc1CS(=O)CC. The highest BCUT2D eigenvalue weighted by Crippen LogP contribution is 2.28. The van der Waals surface area contributed by atoms with E-state index < -0.39 is 16.7 Å². The zero-order valence-electron chi connectivity index (χ0n) is 18.3. The van der Waals surface area contributed by atoms with E-state index in [1.807, 2.05) is 19.1 Å². The predicted octanol–water partition coefficient (Wildman–Crippen LogP) is 3.76. The molecule has 1 unspecified atom stereocenters. The molecule has 2 aromatic carbocycles. The Hall–Kier alpha value is -2.93. The number of carbonyl (C=O) groups is 2. The molecule has 31 heavy (non-hydrogen) atoms. The van der Waals surface area contributed by atoms with E-state index in [2.05, 4.69) is 6.58 Å². The molecule has 0 spiro atoms. The Balaban J connectivity index is 2.29. The standard InChI is InChI=1S/C24H29NO5S/c1-5-9-23(26)25(15-14-18-12-13-21(29-3)22(16-18)30-4)24(27)20-11-8-7-10-19(20)17-31(28)6-2/h5,7-8,10-13,16H,1,6,9,14-15,17H2,2-4H3. The van der Waals surface area contributed by atoms with Crippen LogP contribution in [0, 0.1) is 0 Å². The first-order valence-electron chi connectivity index (χ1n) is 10.0. The molecule has 6 nitrogen and oxygen atoms in total. The van der Waals surface area contributed by atoms with Gasteiger partial charge in [0.1, 0.15) is 0 Å². The lowest BCUT2D eigenvalue weighted by atomic mass is 10.1. The molecule has 2 aromatic rings. The van der Waals surface area contributed by atoms with E-state index in [1.165, 1.54) is 11.0 Å². The van der Waals surface area contributed by atoms with Crippen LogP contribution in [0.15, 0.2) is 55.1 Å². The molecule has 0 radical (unpaired) electrons. The van der Waals surface area contributed by atoms with Crippen molar-refractivity contribution in [3.8, 4) is 11.5 Å². The fraction of sp³-hybridized carbons (Fsp3) is 0.333. The van der Waals surface area contributed by atoms with Gasteiger partial charge in [-0.1, -0.05) is 37.3 Å². The van der Waals surface area contributed by atoms with Gasteiger partial charge >= 0.3 is 0 Å². The van der Waals surface area contributed by atoms with Crippen LogP contribution in [0.5, 0.6) is 11.5 Å². The summed E-state index contributed by atoms with van der Waals surface area (Å²) < 4.78 is 22.7. The van der Waals surface area contributed by atoms with Gasteiger partial charge in [0.2, 0.25) is 5.91 Å². The van der Waals surface area contributed by atoms with Crippen molar-refractivity contribution in [1.29, 1.82) is 0 Å². The minimum Gasteiger partial charge on any atom is -0.493 e. The second-order valence-electron chi connectivity index (χ2n) is 6.81. The number of hydrogen-bond acceptors (Lipinski definition) is 5. The van der Waals surface area contributed by atoms with Gasteiger partial charge < -0.3 is 9.47 Å². The van der Waals surface area contributed by atoms with Crippen molar-refractivity contribution < 1.29 is 23.3 Å². The molecule has 0 aliphatic heterocycles. The lowest BCUT2D eigenvalue weighted by Gasteiger charge is -2.22. The van der Waals surface area contributed by atoms with Crippen molar-refractivity contribution >= 4 is 22.6 Å². The minimum atomic E-state index is -1.07. The molecule has 0 aliphatic carbocycles. The van der Waals surface area contributed by atoms with E-state index in [9.17, 15) is 13.8 Å². The first-order chi connectivity index (χ1) is 14.9. The van der Waals surface area contributed by atoms with Gasteiger partial charge in [0, 0.05) is 40.8 Å². The molecule has 0 aliphatic rings. The molecule has 0 heterocycles. The molecule has 0 N–H and O–H groups in total. The Kier molecular flexibility index (Phi) is 9.46. The fourth-order valence-corrected chi connectivity index (χ4v) is 3.93. The number of hydrogen-bond donors (Lipinski definition) is 0. The van der Waals surface area contributed by atoms with Crippen LogP contribution in [-0.4, -0.2) is 47.4 Å². The maximum absolute atomic E-state index is 13.3. The third-order valence-corrected chi connectivity index (χ3v) is 6.10. The monoisotopic (exact) mass is 443 g/mol. The minimum absolute atomic E-state index is 0.0563. The molecular formula is C24H29NO5S. The lowest BCUT2D eigenvalue weighted by Crippen LogP contribution is -2.38. The summed E-state index contributed by atoms with van der Waals surface area (Å²) in [5, 5.41) is 0. The highest BCUT2D eigenvalue weighted by molar-refractivity contribution is 7.84. The lowest BCUT2D eigenvalue weighted by molar-refractivity contribution is -0.127. The van der Waals surface area contributed by atoms with Gasteiger partial charge in [-0.25, -0.2) is 0 Å². The van der Waals surface area contributed by atoms with Gasteiger partial charge in [-0.2, -0.15) is 0 Å². The highest BCUT2D eigenvalue weighted by atomic mass is 32.2. The molecule has 0 aromatic heterocycles. The summed E-state index contributed by atoms with van der Waals surface area (Å²) in [6.07, 6.45) is 2.00. The topological polar surface area (TPSA) is 72.9 Å². The van der Waals surface area contributed by atoms with Crippen LogP contribution in [0.4, 0.5) is 0 Å². The summed E-state index contributed by atoms with van der Waals surface area (Å²) in [6.45, 7) is 5.65. The number of rotatable bonds is 11. The van der Waals surface area contributed by atoms with Crippen molar-refractivity contribution in [3.05, 3.63) is 71.8 Å². The Morgan fingerprint density at radius 3 is 2.45 bits per heavy atom. The van der Waals surface area contributed by atoms with Crippen LogP contribution < -0.4 is 9.47 Å². The number of ether oxygens (including phenoxy) is 2. The van der Waals surface area contributed by atoms with Gasteiger partial charge in [-0.3, -0.25) is 18.7 Å². The summed E-state index contributed by atoms with van der Waals surface area (Å²) >= 11 is 0. The summed E-state index contributed by atoms with van der Waals surface area (Å²) in [5.41, 5.74) is 1.98. The van der Waals surface area contributed by atoms with E-state index in [0.717, 1.165) is 5.56 Å². The van der Waals surface area contributed by atoms with Gasteiger partial charge in [0.15, 0.2) is 11.5 Å². The molecule has 0 fully saturated rings. The normalized spacial score (nSPS) is 11.5. The van der Waals surface area contributed by atoms with Crippen molar-refractivity contribution in [2.24, 2.45) is 0 Å². The molecule has 166 valence electrons. The third kappa shape index (κ3) is 6.52. The summed E-state index contributed by atoms with van der Waals surface area (Å²) in [4.78, 5) is 27.3. The maximum Gasteiger partial charge on any atom is 0.260 e. The Labute approximate surface area is 186 Å². The van der Waals surface area contributed by atoms with Crippen LogP contribution in [0.25, 0.3) is 0 Å². The van der Waals surface area contributed by atoms with Gasteiger partial charge in [-0.15, -0.1) is 6.58 Å². The molecular weight excluding hydrogens is 414 g/mol. The molecule has 2 amide bonds. The molecule has 1 atom stereocenters. The van der Waals surface area contributed by atoms with E-state index in [4.69, 9.17) is 9.47 Å². The van der Waals surface area contributed by atoms with Crippen LogP contribution >= 0.6 is 0 Å². The largest absolute Gasteiger partial charge is 0.493 e. The average Bonchev–Trinajstić information content (AvgIpc) is 2.79. The number of methoxy groups -OCH3 is 2. The number of nitrogens with zero attached hydrogens (tertiary/aromatic N) is 1. The molecule has 2 rings (SSSR count). The Morgan fingerprint density at radius 2 is 1.81 bits per heavy atom. The second kappa shape index (κ2) is 12.1. The number of imide groups is 1. The van der Waals surface area contributed by atoms with Gasteiger partial charge in [0.05, 0.1) is 14.2 Å². The zero-order valence-corrected chi connectivity index (χ0v) is 19.1. The third-order valence-electron chi connectivity index (χ3n) is 4.82. The maximum atomic E-state index is 13.3.